The third-order valence-corrected chi connectivity index (χ3v) is 4.26. The zero-order valence-corrected chi connectivity index (χ0v) is 14.1. The molecule has 1 aromatic rings. The van der Waals surface area contributed by atoms with Gasteiger partial charge in [0.1, 0.15) is 5.75 Å². The summed E-state index contributed by atoms with van der Waals surface area (Å²) < 4.78 is 37.3. The van der Waals surface area contributed by atoms with Crippen LogP contribution in [0.4, 0.5) is 0 Å². The largest absolute Gasteiger partial charge is 0.726 e. The van der Waals surface area contributed by atoms with E-state index in [-0.39, 0.29) is 0 Å². The maximum atomic E-state index is 10.9. The van der Waals surface area contributed by atoms with Gasteiger partial charge >= 0.3 is 0 Å². The van der Waals surface area contributed by atoms with Crippen molar-refractivity contribution in [1.29, 1.82) is 0 Å². The summed E-state index contributed by atoms with van der Waals surface area (Å²) in [6.45, 7) is 7.74. The molecule has 7 heteroatoms. The third kappa shape index (κ3) is 4.19. The number of hydroxylamine groups is 2. The summed E-state index contributed by atoms with van der Waals surface area (Å²) in [5, 5.41) is 1.85. The lowest BCUT2D eigenvalue weighted by atomic mass is 9.80. The van der Waals surface area contributed by atoms with Gasteiger partial charge in [0.15, 0.2) is 0 Å². The summed E-state index contributed by atoms with van der Waals surface area (Å²) in [6, 6.07) is 9.39. The average Bonchev–Trinajstić information content (AvgIpc) is 2.32. The lowest BCUT2D eigenvalue weighted by molar-refractivity contribution is -0.231. The van der Waals surface area contributed by atoms with E-state index in [9.17, 15) is 13.0 Å². The minimum atomic E-state index is -4.71. The molecule has 0 saturated carbocycles. The van der Waals surface area contributed by atoms with Gasteiger partial charge in [0, 0.05) is 0 Å². The van der Waals surface area contributed by atoms with E-state index in [4.69, 9.17) is 4.84 Å². The van der Waals surface area contributed by atoms with Crippen LogP contribution in [-0.4, -0.2) is 35.2 Å². The topological polar surface area (TPSA) is 78.9 Å². The van der Waals surface area contributed by atoms with Crippen molar-refractivity contribution >= 4 is 10.4 Å². The molecule has 1 fully saturated rings. The molecule has 124 valence electrons. The molecular weight excluding hydrogens is 306 g/mol. The Bertz CT molecular complexity index is 594. The number of nitrogens with zero attached hydrogens (tertiary/aromatic N) is 1. The predicted molar refractivity (Wildman–Crippen MR) is 80.9 cm³/mol. The summed E-state index contributed by atoms with van der Waals surface area (Å²) in [7, 11) is -4.71. The monoisotopic (exact) mass is 328 g/mol. The predicted octanol–water partition coefficient (Wildman–Crippen LogP) is 2.48. The molecule has 0 amide bonds. The lowest BCUT2D eigenvalue weighted by Gasteiger charge is -2.53. The Labute approximate surface area is 131 Å². The molecule has 0 bridgehead atoms. The van der Waals surface area contributed by atoms with Crippen LogP contribution in [0.1, 0.15) is 40.5 Å². The summed E-state index contributed by atoms with van der Waals surface area (Å²) in [5.74, 6) is 0.708. The van der Waals surface area contributed by atoms with Crippen LogP contribution >= 0.6 is 0 Å². The molecule has 22 heavy (non-hydrogen) atoms. The molecule has 0 unspecified atom stereocenters. The Morgan fingerprint density at radius 3 is 2.05 bits per heavy atom. The van der Waals surface area contributed by atoms with Gasteiger partial charge in [-0.15, -0.1) is 5.06 Å². The standard InChI is InChI=1S/C15H23NO5S/c1-14(2)10-13(21-22(17,18)19)11-15(3,4)16(14)20-12-8-6-5-7-9-12/h5-9,13H,10-11H2,1-4H3,(H,17,18,19)/p-1. The smallest absolute Gasteiger partial charge is 0.217 e. The number of piperidine rings is 1. The molecule has 0 aliphatic carbocycles. The molecule has 0 N–H and O–H groups in total. The van der Waals surface area contributed by atoms with E-state index < -0.39 is 27.6 Å². The highest BCUT2D eigenvalue weighted by molar-refractivity contribution is 7.80. The van der Waals surface area contributed by atoms with E-state index in [1.54, 1.807) is 0 Å². The van der Waals surface area contributed by atoms with E-state index in [1.807, 2.05) is 63.1 Å². The van der Waals surface area contributed by atoms with Crippen molar-refractivity contribution < 1.29 is 22.0 Å². The van der Waals surface area contributed by atoms with E-state index in [1.165, 1.54) is 0 Å². The van der Waals surface area contributed by atoms with E-state index in [0.29, 0.717) is 18.6 Å². The minimum Gasteiger partial charge on any atom is -0.726 e. The Kier molecular flexibility index (Phi) is 4.54. The summed E-state index contributed by atoms with van der Waals surface area (Å²) >= 11 is 0. The normalized spacial score (nSPS) is 22.4. The van der Waals surface area contributed by atoms with Gasteiger partial charge in [0.25, 0.3) is 0 Å². The maximum Gasteiger partial charge on any atom is 0.217 e. The minimum absolute atomic E-state index is 0.380. The second-order valence-corrected chi connectivity index (χ2v) is 7.87. The SMILES string of the molecule is CC1(C)CC(OS(=O)(=O)[O-])CC(C)(C)N1Oc1ccccc1. The Hall–Kier alpha value is -1.15. The first-order valence-electron chi connectivity index (χ1n) is 7.17. The number of hydrogen-bond donors (Lipinski definition) is 0. The molecule has 1 aliphatic rings. The number of rotatable bonds is 4. The zero-order chi connectivity index (χ0) is 16.6. The molecule has 1 aliphatic heterocycles. The second-order valence-electron chi connectivity index (χ2n) is 6.86. The van der Waals surface area contributed by atoms with E-state index in [2.05, 4.69) is 4.18 Å². The molecule has 0 atom stereocenters. The number of hydrogen-bond acceptors (Lipinski definition) is 6. The maximum absolute atomic E-state index is 10.9. The van der Waals surface area contributed by atoms with E-state index >= 15 is 0 Å². The molecule has 1 aromatic carbocycles. The molecule has 2 rings (SSSR count). The van der Waals surface area contributed by atoms with Crippen LogP contribution in [0.3, 0.4) is 0 Å². The van der Waals surface area contributed by atoms with Gasteiger partial charge in [0.05, 0.1) is 17.2 Å². The molecule has 0 spiro atoms. The van der Waals surface area contributed by atoms with Gasteiger partial charge in [-0.1, -0.05) is 18.2 Å². The van der Waals surface area contributed by atoms with Crippen LogP contribution in [0.5, 0.6) is 5.75 Å². The molecule has 0 aromatic heterocycles. The van der Waals surface area contributed by atoms with Crippen LogP contribution in [0.2, 0.25) is 0 Å². The van der Waals surface area contributed by atoms with Crippen LogP contribution in [0.25, 0.3) is 0 Å². The Morgan fingerprint density at radius 2 is 1.59 bits per heavy atom. The number of para-hydroxylation sites is 1. The molecule has 0 radical (unpaired) electrons. The highest BCUT2D eigenvalue weighted by Crippen LogP contribution is 2.40. The first kappa shape index (κ1) is 17.2. The average molecular weight is 328 g/mol. The Balaban J connectivity index is 2.21. The van der Waals surface area contributed by atoms with Gasteiger partial charge in [-0.2, -0.15) is 0 Å². The van der Waals surface area contributed by atoms with Crippen LogP contribution in [0.15, 0.2) is 30.3 Å². The van der Waals surface area contributed by atoms with Crippen LogP contribution in [0, 0.1) is 0 Å². The van der Waals surface area contributed by atoms with Crippen molar-refractivity contribution in [2.75, 3.05) is 0 Å². The Morgan fingerprint density at radius 1 is 1.09 bits per heavy atom. The van der Waals surface area contributed by atoms with Gasteiger partial charge in [-0.25, -0.2) is 8.42 Å². The van der Waals surface area contributed by atoms with Gasteiger partial charge in [-0.05, 0) is 52.7 Å². The quantitative estimate of drug-likeness (QED) is 0.624. The second kappa shape index (κ2) is 5.81. The molecule has 1 saturated heterocycles. The van der Waals surface area contributed by atoms with Crippen molar-refractivity contribution in [2.24, 2.45) is 0 Å². The number of benzene rings is 1. The first-order chi connectivity index (χ1) is 10.00. The highest BCUT2D eigenvalue weighted by Gasteiger charge is 2.48. The van der Waals surface area contributed by atoms with E-state index in [0.717, 1.165) is 0 Å². The highest BCUT2D eigenvalue weighted by atomic mass is 32.3. The molecule has 1 heterocycles. The van der Waals surface area contributed by atoms with Crippen molar-refractivity contribution in [3.05, 3.63) is 30.3 Å². The summed E-state index contributed by atoms with van der Waals surface area (Å²) in [6.07, 6.45) is 0.110. The van der Waals surface area contributed by atoms with Crippen molar-refractivity contribution in [3.8, 4) is 5.75 Å². The van der Waals surface area contributed by atoms with Gasteiger partial charge in [-0.3, -0.25) is 4.18 Å². The molecular formula is C15H22NO5S-. The van der Waals surface area contributed by atoms with Crippen LogP contribution in [-0.2, 0) is 14.6 Å². The lowest BCUT2D eigenvalue weighted by Crippen LogP contribution is -2.63. The fourth-order valence-corrected chi connectivity index (χ4v) is 3.71. The van der Waals surface area contributed by atoms with Crippen molar-refractivity contribution in [2.45, 2.75) is 57.7 Å². The molecule has 6 nitrogen and oxygen atoms in total. The summed E-state index contributed by atoms with van der Waals surface area (Å²) in [5.41, 5.74) is -0.986. The third-order valence-electron chi connectivity index (χ3n) is 3.75. The van der Waals surface area contributed by atoms with Gasteiger partial charge in [0.2, 0.25) is 10.4 Å². The van der Waals surface area contributed by atoms with Crippen molar-refractivity contribution in [1.82, 2.24) is 5.06 Å². The zero-order valence-electron chi connectivity index (χ0n) is 13.3. The summed E-state index contributed by atoms with van der Waals surface area (Å²) in [4.78, 5) is 6.01. The first-order valence-corrected chi connectivity index (χ1v) is 8.50. The fourth-order valence-electron chi connectivity index (χ4n) is 3.24. The fraction of sp³-hybridized carbons (Fsp3) is 0.600. The van der Waals surface area contributed by atoms with Gasteiger partial charge < -0.3 is 9.39 Å². The van der Waals surface area contributed by atoms with Crippen LogP contribution < -0.4 is 4.84 Å². The van der Waals surface area contributed by atoms with Crippen molar-refractivity contribution in [3.63, 3.8) is 0 Å².